The van der Waals surface area contributed by atoms with E-state index in [0.29, 0.717) is 0 Å². The Balaban J connectivity index is 1.48. The summed E-state index contributed by atoms with van der Waals surface area (Å²) in [4.78, 5) is 14.6. The number of carbonyl (C=O) groups excluding carboxylic acids is 1. The lowest BCUT2D eigenvalue weighted by molar-refractivity contribution is 0.256. The summed E-state index contributed by atoms with van der Waals surface area (Å²) >= 11 is 0. The fourth-order valence-electron chi connectivity index (χ4n) is 4.64. The number of carbonyl (C=O) groups is 1. The van der Waals surface area contributed by atoms with Crippen LogP contribution in [0.1, 0.15) is 47.9 Å². The highest BCUT2D eigenvalue weighted by Crippen LogP contribution is 2.38. The fraction of sp³-hybridized carbons (Fsp3) is 0.550. The quantitative estimate of drug-likeness (QED) is 0.830. The van der Waals surface area contributed by atoms with E-state index in [4.69, 9.17) is 0 Å². The molecule has 1 fully saturated rings. The summed E-state index contributed by atoms with van der Waals surface area (Å²) in [5, 5.41) is 3.99. The Morgan fingerprint density at radius 2 is 1.78 bits per heavy atom. The largest absolute Gasteiger partial charge is 0.333 e. The van der Waals surface area contributed by atoms with Crippen molar-refractivity contribution in [3.8, 4) is 0 Å². The van der Waals surface area contributed by atoms with Gasteiger partial charge in [0, 0.05) is 17.1 Å². The minimum Gasteiger partial charge on any atom is -0.307 e. The number of urea groups is 1. The van der Waals surface area contributed by atoms with E-state index in [1.807, 2.05) is 7.05 Å². The van der Waals surface area contributed by atoms with Crippen LogP contribution in [0.2, 0.25) is 0 Å². The van der Waals surface area contributed by atoms with Crippen molar-refractivity contribution < 1.29 is 13.2 Å². The van der Waals surface area contributed by atoms with Crippen LogP contribution in [0, 0.1) is 0 Å². The number of nitrogens with zero attached hydrogens (tertiary/aromatic N) is 1. The van der Waals surface area contributed by atoms with Crippen molar-refractivity contribution in [2.24, 2.45) is 0 Å². The van der Waals surface area contributed by atoms with E-state index in [-0.39, 0.29) is 6.04 Å². The SMILES string of the molecule is CN1CCCC1/C=C\S(=O)(=O)NC(=O)Nc1c2c(cc3c1CCC3)CCC2. The zero-order valence-corrected chi connectivity index (χ0v) is 16.6. The zero-order chi connectivity index (χ0) is 19.0. The van der Waals surface area contributed by atoms with Crippen molar-refractivity contribution in [2.45, 2.75) is 57.4 Å². The summed E-state index contributed by atoms with van der Waals surface area (Å²) in [6.45, 7) is 0.965. The molecule has 0 bridgehead atoms. The highest BCUT2D eigenvalue weighted by Gasteiger charge is 2.26. The van der Waals surface area contributed by atoms with Crippen LogP contribution in [0.25, 0.3) is 0 Å². The number of aryl methyl sites for hydroxylation is 2. The molecule has 1 unspecified atom stereocenters. The Bertz CT molecular complexity index is 860. The molecule has 1 aromatic carbocycles. The monoisotopic (exact) mass is 389 g/mol. The third-order valence-electron chi connectivity index (χ3n) is 6.00. The Morgan fingerprint density at radius 1 is 1.11 bits per heavy atom. The van der Waals surface area contributed by atoms with E-state index in [0.717, 1.165) is 69.0 Å². The Hall–Kier alpha value is -1.86. The van der Waals surface area contributed by atoms with Crippen molar-refractivity contribution in [3.05, 3.63) is 39.8 Å². The van der Waals surface area contributed by atoms with Crippen LogP contribution in [-0.2, 0) is 35.7 Å². The highest BCUT2D eigenvalue weighted by atomic mass is 32.2. The van der Waals surface area contributed by atoms with Crippen LogP contribution < -0.4 is 10.0 Å². The third-order valence-corrected chi connectivity index (χ3v) is 6.99. The first-order chi connectivity index (χ1) is 12.9. The van der Waals surface area contributed by atoms with Crippen molar-refractivity contribution in [1.82, 2.24) is 9.62 Å². The molecule has 1 atom stereocenters. The maximum atomic E-state index is 12.4. The standard InChI is InChI=1S/C20H27N3O3S/c1-23-11-4-7-16(23)10-12-27(25,26)22-20(24)21-19-17-8-2-5-14(17)13-15-6-3-9-18(15)19/h10,12-13,16H,2-9,11H2,1H3,(H2,21,22,24)/b12-10-. The molecule has 0 aromatic heterocycles. The molecule has 0 spiro atoms. The first-order valence-corrected chi connectivity index (χ1v) is 11.4. The smallest absolute Gasteiger partial charge is 0.307 e. The molecule has 6 nitrogen and oxygen atoms in total. The van der Waals surface area contributed by atoms with E-state index >= 15 is 0 Å². The molecular formula is C20H27N3O3S. The molecule has 1 heterocycles. The maximum absolute atomic E-state index is 12.4. The average molecular weight is 390 g/mol. The van der Waals surface area contributed by atoms with Gasteiger partial charge in [-0.05, 0) is 87.2 Å². The number of nitrogens with one attached hydrogen (secondary N) is 2. The average Bonchev–Trinajstić information content (AvgIpc) is 3.32. The molecule has 0 radical (unpaired) electrons. The van der Waals surface area contributed by atoms with Gasteiger partial charge in [-0.25, -0.2) is 17.9 Å². The van der Waals surface area contributed by atoms with Gasteiger partial charge in [-0.2, -0.15) is 0 Å². The van der Waals surface area contributed by atoms with Crippen molar-refractivity contribution in [1.29, 1.82) is 0 Å². The minimum atomic E-state index is -3.81. The van der Waals surface area contributed by atoms with Crippen LogP contribution in [0.3, 0.4) is 0 Å². The lowest BCUT2D eigenvalue weighted by atomic mass is 9.99. The van der Waals surface area contributed by atoms with Gasteiger partial charge in [0.2, 0.25) is 0 Å². The van der Waals surface area contributed by atoms with Crippen LogP contribution in [-0.4, -0.2) is 39.0 Å². The van der Waals surface area contributed by atoms with Crippen LogP contribution in [0.5, 0.6) is 0 Å². The lowest BCUT2D eigenvalue weighted by Gasteiger charge is -2.16. The normalized spacial score (nSPS) is 22.2. The van der Waals surface area contributed by atoms with Crippen LogP contribution in [0.4, 0.5) is 10.5 Å². The Labute approximate surface area is 161 Å². The van der Waals surface area contributed by atoms with Gasteiger partial charge in [-0.15, -0.1) is 0 Å². The number of sulfonamides is 1. The van der Waals surface area contributed by atoms with Gasteiger partial charge >= 0.3 is 6.03 Å². The number of benzene rings is 1. The topological polar surface area (TPSA) is 78.5 Å². The zero-order valence-electron chi connectivity index (χ0n) is 15.8. The second-order valence-corrected chi connectivity index (χ2v) is 9.42. The molecule has 1 saturated heterocycles. The van der Waals surface area contributed by atoms with Crippen LogP contribution in [0.15, 0.2) is 17.6 Å². The predicted molar refractivity (Wildman–Crippen MR) is 106 cm³/mol. The molecule has 7 heteroatoms. The van der Waals surface area contributed by atoms with Gasteiger partial charge < -0.3 is 5.32 Å². The van der Waals surface area contributed by atoms with Gasteiger partial charge in [0.05, 0.1) is 0 Å². The first kappa shape index (κ1) is 18.5. The molecule has 27 heavy (non-hydrogen) atoms. The summed E-state index contributed by atoms with van der Waals surface area (Å²) in [7, 11) is -1.83. The molecule has 1 aromatic rings. The number of likely N-dealkylation sites (N-methyl/N-ethyl adjacent to an activating group) is 1. The molecular weight excluding hydrogens is 362 g/mol. The van der Waals surface area contributed by atoms with Crippen molar-refractivity contribution >= 4 is 21.7 Å². The summed E-state index contributed by atoms with van der Waals surface area (Å²) in [6, 6.07) is 1.73. The molecule has 2 amide bonds. The number of fused-ring (bicyclic) bond motifs is 2. The lowest BCUT2D eigenvalue weighted by Crippen LogP contribution is -2.34. The van der Waals surface area contributed by atoms with Gasteiger partial charge in [0.15, 0.2) is 0 Å². The number of rotatable bonds is 4. The number of amides is 2. The summed E-state index contributed by atoms with van der Waals surface area (Å²) in [5.74, 6) is 0. The molecule has 1 aliphatic heterocycles. The fourth-order valence-corrected chi connectivity index (χ4v) is 5.41. The van der Waals surface area contributed by atoms with E-state index in [1.165, 1.54) is 22.3 Å². The number of hydrogen-bond acceptors (Lipinski definition) is 4. The Kier molecular flexibility index (Phi) is 4.99. The Morgan fingerprint density at radius 3 is 2.37 bits per heavy atom. The summed E-state index contributed by atoms with van der Waals surface area (Å²) < 4.78 is 26.7. The van der Waals surface area contributed by atoms with Gasteiger partial charge in [-0.3, -0.25) is 4.90 Å². The highest BCUT2D eigenvalue weighted by molar-refractivity contribution is 7.92. The predicted octanol–water partition coefficient (Wildman–Crippen LogP) is 2.72. The maximum Gasteiger partial charge on any atom is 0.333 e. The van der Waals surface area contributed by atoms with Crippen LogP contribution >= 0.6 is 0 Å². The van der Waals surface area contributed by atoms with E-state index in [2.05, 4.69) is 21.0 Å². The number of hydrogen-bond donors (Lipinski definition) is 2. The molecule has 4 rings (SSSR count). The molecule has 2 N–H and O–H groups in total. The molecule has 146 valence electrons. The summed E-state index contributed by atoms with van der Waals surface area (Å²) in [6.07, 6.45) is 9.80. The number of anilines is 1. The van der Waals surface area contributed by atoms with Gasteiger partial charge in [0.1, 0.15) is 0 Å². The molecule has 2 aliphatic carbocycles. The minimum absolute atomic E-state index is 0.116. The molecule has 3 aliphatic rings. The van der Waals surface area contributed by atoms with E-state index in [1.54, 1.807) is 6.08 Å². The van der Waals surface area contributed by atoms with E-state index in [9.17, 15) is 13.2 Å². The third kappa shape index (κ3) is 3.89. The second kappa shape index (κ2) is 7.28. The number of likely N-dealkylation sites (tertiary alicyclic amines) is 1. The van der Waals surface area contributed by atoms with E-state index < -0.39 is 16.1 Å². The van der Waals surface area contributed by atoms with Crippen molar-refractivity contribution in [2.75, 3.05) is 18.9 Å². The second-order valence-electron chi connectivity index (χ2n) is 7.85. The van der Waals surface area contributed by atoms with Gasteiger partial charge in [0.25, 0.3) is 10.0 Å². The molecule has 0 saturated carbocycles. The first-order valence-electron chi connectivity index (χ1n) is 9.82. The van der Waals surface area contributed by atoms with Gasteiger partial charge in [-0.1, -0.05) is 12.1 Å². The summed E-state index contributed by atoms with van der Waals surface area (Å²) in [5.41, 5.74) is 5.83. The van der Waals surface area contributed by atoms with Crippen molar-refractivity contribution in [3.63, 3.8) is 0 Å².